The molecule has 86 valence electrons. The van der Waals surface area contributed by atoms with E-state index in [1.807, 2.05) is 12.1 Å². The molecule has 0 fully saturated rings. The van der Waals surface area contributed by atoms with Gasteiger partial charge in [0.25, 0.3) is 0 Å². The third-order valence-electron chi connectivity index (χ3n) is 2.51. The second-order valence-corrected chi connectivity index (χ2v) is 5.33. The van der Waals surface area contributed by atoms with Gasteiger partial charge >= 0.3 is 0 Å². The van der Waals surface area contributed by atoms with Crippen molar-refractivity contribution in [2.75, 3.05) is 6.54 Å². The fourth-order valence-corrected chi connectivity index (χ4v) is 2.51. The molecule has 0 aromatic carbocycles. The van der Waals surface area contributed by atoms with Gasteiger partial charge in [-0.2, -0.15) is 0 Å². The smallest absolute Gasteiger partial charge is 0.101 e. The van der Waals surface area contributed by atoms with E-state index < -0.39 is 6.10 Å². The molecule has 0 aliphatic carbocycles. The van der Waals surface area contributed by atoms with Crippen LogP contribution in [0.1, 0.15) is 37.7 Å². The Bertz CT molecular complexity index is 286. The van der Waals surface area contributed by atoms with Gasteiger partial charge < -0.3 is 10.4 Å². The van der Waals surface area contributed by atoms with Crippen molar-refractivity contribution in [3.63, 3.8) is 0 Å². The van der Waals surface area contributed by atoms with Crippen LogP contribution in [0.25, 0.3) is 0 Å². The van der Waals surface area contributed by atoms with Crippen LogP contribution >= 0.6 is 22.9 Å². The van der Waals surface area contributed by atoms with Crippen LogP contribution in [0.5, 0.6) is 0 Å². The molecule has 0 radical (unpaired) electrons. The molecule has 1 aromatic rings. The minimum Gasteiger partial charge on any atom is -0.386 e. The normalized spacial score (nSPS) is 13.4. The molecule has 0 aliphatic rings. The van der Waals surface area contributed by atoms with E-state index in [1.54, 1.807) is 0 Å². The molecule has 1 unspecified atom stereocenters. The zero-order valence-electron chi connectivity index (χ0n) is 9.16. The van der Waals surface area contributed by atoms with Gasteiger partial charge in [0.15, 0.2) is 0 Å². The van der Waals surface area contributed by atoms with E-state index in [9.17, 15) is 5.11 Å². The summed E-state index contributed by atoms with van der Waals surface area (Å²) in [6.45, 7) is 4.90. The van der Waals surface area contributed by atoms with Crippen molar-refractivity contribution in [1.29, 1.82) is 0 Å². The summed E-state index contributed by atoms with van der Waals surface area (Å²) in [5, 5.41) is 13.2. The molecule has 1 aromatic heterocycles. The lowest BCUT2D eigenvalue weighted by Gasteiger charge is -2.17. The van der Waals surface area contributed by atoms with E-state index in [2.05, 4.69) is 19.2 Å². The maximum Gasteiger partial charge on any atom is 0.101 e. The summed E-state index contributed by atoms with van der Waals surface area (Å²) in [5.74, 6) is 0. The molecule has 4 heteroatoms. The molecule has 1 rings (SSSR count). The zero-order valence-corrected chi connectivity index (χ0v) is 10.7. The van der Waals surface area contributed by atoms with Crippen molar-refractivity contribution in [2.24, 2.45) is 0 Å². The van der Waals surface area contributed by atoms with Crippen LogP contribution < -0.4 is 5.32 Å². The highest BCUT2D eigenvalue weighted by Crippen LogP contribution is 2.26. The predicted molar refractivity (Wildman–Crippen MR) is 66.7 cm³/mol. The van der Waals surface area contributed by atoms with Crippen LogP contribution in [0, 0.1) is 0 Å². The first kappa shape index (κ1) is 13.0. The van der Waals surface area contributed by atoms with Gasteiger partial charge in [0, 0.05) is 17.5 Å². The number of thiophene rings is 1. The average molecular weight is 248 g/mol. The van der Waals surface area contributed by atoms with Gasteiger partial charge in [0.2, 0.25) is 0 Å². The number of aliphatic hydroxyl groups excluding tert-OH is 1. The van der Waals surface area contributed by atoms with Crippen LogP contribution in [0.2, 0.25) is 4.34 Å². The minimum absolute atomic E-state index is 0.442. The first-order valence-electron chi connectivity index (χ1n) is 5.34. The van der Waals surface area contributed by atoms with E-state index in [1.165, 1.54) is 11.3 Å². The molecule has 0 spiro atoms. The van der Waals surface area contributed by atoms with Gasteiger partial charge in [-0.15, -0.1) is 11.3 Å². The van der Waals surface area contributed by atoms with E-state index in [4.69, 9.17) is 11.6 Å². The fourth-order valence-electron chi connectivity index (χ4n) is 1.46. The predicted octanol–water partition coefficient (Wildman–Crippen LogP) is 3.21. The third-order valence-corrected chi connectivity index (χ3v) is 3.84. The highest BCUT2D eigenvalue weighted by molar-refractivity contribution is 7.16. The van der Waals surface area contributed by atoms with E-state index in [0.717, 1.165) is 22.1 Å². The number of halogens is 1. The van der Waals surface area contributed by atoms with E-state index in [0.29, 0.717) is 12.6 Å². The molecule has 2 N–H and O–H groups in total. The molecule has 1 heterocycles. The first-order valence-corrected chi connectivity index (χ1v) is 6.53. The quantitative estimate of drug-likeness (QED) is 0.809. The van der Waals surface area contributed by atoms with Crippen molar-refractivity contribution >= 4 is 22.9 Å². The van der Waals surface area contributed by atoms with Crippen LogP contribution in [-0.2, 0) is 0 Å². The van der Waals surface area contributed by atoms with Crippen molar-refractivity contribution in [3.8, 4) is 0 Å². The Balaban J connectivity index is 2.39. The largest absolute Gasteiger partial charge is 0.386 e. The number of hydrogen-bond acceptors (Lipinski definition) is 3. The Hall–Kier alpha value is -0.0900. The van der Waals surface area contributed by atoms with Crippen LogP contribution in [0.4, 0.5) is 0 Å². The maximum atomic E-state index is 9.86. The van der Waals surface area contributed by atoms with Crippen LogP contribution in [0.3, 0.4) is 0 Å². The Morgan fingerprint density at radius 2 is 2.07 bits per heavy atom. The summed E-state index contributed by atoms with van der Waals surface area (Å²) in [5.41, 5.74) is 0. The number of nitrogens with one attached hydrogen (secondary N) is 1. The second-order valence-electron chi connectivity index (χ2n) is 3.58. The van der Waals surface area contributed by atoms with Crippen molar-refractivity contribution in [1.82, 2.24) is 5.32 Å². The minimum atomic E-state index is -0.442. The van der Waals surface area contributed by atoms with Gasteiger partial charge in [-0.25, -0.2) is 0 Å². The Kier molecular flexibility index (Phi) is 5.61. The highest BCUT2D eigenvalue weighted by atomic mass is 35.5. The van der Waals surface area contributed by atoms with Gasteiger partial charge in [-0.1, -0.05) is 25.4 Å². The van der Waals surface area contributed by atoms with E-state index in [-0.39, 0.29) is 0 Å². The zero-order chi connectivity index (χ0) is 11.3. The SMILES string of the molecule is CCC(CC)NCC(O)c1ccc(Cl)s1. The molecule has 15 heavy (non-hydrogen) atoms. The van der Waals surface area contributed by atoms with Gasteiger partial charge in [0.1, 0.15) is 6.10 Å². The van der Waals surface area contributed by atoms with E-state index >= 15 is 0 Å². The molecule has 0 saturated heterocycles. The second kappa shape index (κ2) is 6.48. The van der Waals surface area contributed by atoms with Gasteiger partial charge in [0.05, 0.1) is 4.34 Å². The molecule has 0 saturated carbocycles. The Labute approximate surface area is 100 Å². The third kappa shape index (κ3) is 4.11. The average Bonchev–Trinajstić information content (AvgIpc) is 2.66. The molecular weight excluding hydrogens is 230 g/mol. The summed E-state index contributed by atoms with van der Waals surface area (Å²) >= 11 is 7.25. The molecule has 0 aliphatic heterocycles. The first-order chi connectivity index (χ1) is 7.17. The van der Waals surface area contributed by atoms with Crippen LogP contribution in [0.15, 0.2) is 12.1 Å². The molecule has 1 atom stereocenters. The highest BCUT2D eigenvalue weighted by Gasteiger charge is 2.11. The van der Waals surface area contributed by atoms with Gasteiger partial charge in [-0.05, 0) is 25.0 Å². The number of hydrogen-bond donors (Lipinski definition) is 2. The lowest BCUT2D eigenvalue weighted by Crippen LogP contribution is -2.31. The standard InChI is InChI=1S/C11H18ClNOS/c1-3-8(4-2)13-7-9(14)10-5-6-11(12)15-10/h5-6,8-9,13-14H,3-4,7H2,1-2H3. The van der Waals surface area contributed by atoms with Crippen LogP contribution in [-0.4, -0.2) is 17.7 Å². The molecule has 0 amide bonds. The topological polar surface area (TPSA) is 32.3 Å². The van der Waals surface area contributed by atoms with Crippen molar-refractivity contribution in [2.45, 2.75) is 38.8 Å². The summed E-state index contributed by atoms with van der Waals surface area (Å²) in [7, 11) is 0. The summed E-state index contributed by atoms with van der Waals surface area (Å²) in [6.07, 6.45) is 1.74. The summed E-state index contributed by atoms with van der Waals surface area (Å²) < 4.78 is 0.728. The summed E-state index contributed by atoms with van der Waals surface area (Å²) in [4.78, 5) is 0.929. The molecule has 0 bridgehead atoms. The number of aliphatic hydroxyl groups is 1. The maximum absolute atomic E-state index is 9.86. The Morgan fingerprint density at radius 1 is 1.40 bits per heavy atom. The number of rotatable bonds is 6. The van der Waals surface area contributed by atoms with Gasteiger partial charge in [-0.3, -0.25) is 0 Å². The van der Waals surface area contributed by atoms with Crippen molar-refractivity contribution < 1.29 is 5.11 Å². The Morgan fingerprint density at radius 3 is 2.53 bits per heavy atom. The lowest BCUT2D eigenvalue weighted by atomic mass is 10.1. The fraction of sp³-hybridized carbons (Fsp3) is 0.636. The van der Waals surface area contributed by atoms with Crippen molar-refractivity contribution in [3.05, 3.63) is 21.3 Å². The molecule has 2 nitrogen and oxygen atoms in total. The molecular formula is C11H18ClNOS. The monoisotopic (exact) mass is 247 g/mol. The summed E-state index contributed by atoms with van der Waals surface area (Å²) in [6, 6.07) is 4.20. The lowest BCUT2D eigenvalue weighted by molar-refractivity contribution is 0.172.